The third kappa shape index (κ3) is 3.62. The molecule has 0 amide bonds. The average Bonchev–Trinajstić information content (AvgIpc) is 2.89. The number of methoxy groups -OCH3 is 1. The van der Waals surface area contributed by atoms with E-state index in [1.165, 1.54) is 12.8 Å². The van der Waals surface area contributed by atoms with Crippen LogP contribution < -0.4 is 10.1 Å². The average molecular weight is 251 g/mol. The maximum Gasteiger partial charge on any atom is 0.123 e. The summed E-state index contributed by atoms with van der Waals surface area (Å²) in [5.74, 6) is 0.953. The monoisotopic (exact) mass is 251 g/mol. The van der Waals surface area contributed by atoms with E-state index >= 15 is 0 Å². The normalized spacial score (nSPS) is 19.1. The molecule has 0 bridgehead atoms. The Balaban J connectivity index is 1.72. The van der Waals surface area contributed by atoms with Crippen molar-refractivity contribution in [2.24, 2.45) is 0 Å². The van der Waals surface area contributed by atoms with Crippen LogP contribution in [0, 0.1) is 0 Å². The molecule has 0 aromatic heterocycles. The van der Waals surface area contributed by atoms with E-state index in [2.05, 4.69) is 5.32 Å². The second kappa shape index (κ2) is 6.61. The molecule has 2 rings (SSSR count). The van der Waals surface area contributed by atoms with Gasteiger partial charge in [0.2, 0.25) is 0 Å². The Labute approximate surface area is 108 Å². The Morgan fingerprint density at radius 1 is 1.50 bits per heavy atom. The number of aromatic hydroxyl groups is 1. The number of ether oxygens (including phenoxy) is 2. The third-order valence-electron chi connectivity index (χ3n) is 3.27. The molecule has 1 aromatic carbocycles. The highest BCUT2D eigenvalue weighted by Gasteiger charge is 2.14. The molecule has 4 nitrogen and oxygen atoms in total. The number of phenolic OH excluding ortho intramolecular Hbond substituents is 1. The summed E-state index contributed by atoms with van der Waals surface area (Å²) in [6.45, 7) is 2.49. The number of hydrogen-bond donors (Lipinski definition) is 2. The van der Waals surface area contributed by atoms with E-state index in [9.17, 15) is 5.11 Å². The molecule has 0 saturated carbocycles. The minimum absolute atomic E-state index is 0.277. The van der Waals surface area contributed by atoms with Gasteiger partial charge in [-0.2, -0.15) is 0 Å². The summed E-state index contributed by atoms with van der Waals surface area (Å²) in [6.07, 6.45) is 3.82. The van der Waals surface area contributed by atoms with Crippen molar-refractivity contribution in [3.05, 3.63) is 23.8 Å². The molecule has 1 atom stereocenters. The van der Waals surface area contributed by atoms with Gasteiger partial charge >= 0.3 is 0 Å². The highest BCUT2D eigenvalue weighted by Crippen LogP contribution is 2.23. The summed E-state index contributed by atoms with van der Waals surface area (Å²) in [4.78, 5) is 0. The van der Waals surface area contributed by atoms with Crippen LogP contribution >= 0.6 is 0 Å². The van der Waals surface area contributed by atoms with Gasteiger partial charge in [0.1, 0.15) is 11.5 Å². The quantitative estimate of drug-likeness (QED) is 0.760. The lowest BCUT2D eigenvalue weighted by Crippen LogP contribution is -2.19. The van der Waals surface area contributed by atoms with Crippen LogP contribution in [0.4, 0.5) is 0 Å². The molecule has 1 aromatic rings. The van der Waals surface area contributed by atoms with E-state index in [1.807, 2.05) is 12.1 Å². The largest absolute Gasteiger partial charge is 0.507 e. The van der Waals surface area contributed by atoms with E-state index in [-0.39, 0.29) is 5.75 Å². The van der Waals surface area contributed by atoms with E-state index in [0.717, 1.165) is 25.1 Å². The van der Waals surface area contributed by atoms with Crippen LogP contribution in [0.2, 0.25) is 0 Å². The number of rotatable bonds is 6. The first kappa shape index (κ1) is 13.2. The van der Waals surface area contributed by atoms with Crippen LogP contribution in [0.15, 0.2) is 18.2 Å². The smallest absolute Gasteiger partial charge is 0.123 e. The topological polar surface area (TPSA) is 50.7 Å². The molecule has 1 unspecified atom stereocenters. The van der Waals surface area contributed by atoms with Crippen molar-refractivity contribution in [1.29, 1.82) is 0 Å². The molecule has 4 heteroatoms. The fraction of sp³-hybridized carbons (Fsp3) is 0.571. The molecular formula is C14H21NO3. The summed E-state index contributed by atoms with van der Waals surface area (Å²) < 4.78 is 10.6. The van der Waals surface area contributed by atoms with Crippen molar-refractivity contribution < 1.29 is 14.6 Å². The van der Waals surface area contributed by atoms with Gasteiger partial charge < -0.3 is 19.9 Å². The lowest BCUT2D eigenvalue weighted by atomic mass is 10.1. The van der Waals surface area contributed by atoms with Gasteiger partial charge in [0, 0.05) is 24.8 Å². The summed E-state index contributed by atoms with van der Waals surface area (Å²) in [5, 5.41) is 13.1. The first-order valence-corrected chi connectivity index (χ1v) is 6.48. The molecular weight excluding hydrogens is 230 g/mol. The minimum Gasteiger partial charge on any atom is -0.507 e. The van der Waals surface area contributed by atoms with E-state index in [0.29, 0.717) is 18.4 Å². The third-order valence-corrected chi connectivity index (χ3v) is 3.27. The highest BCUT2D eigenvalue weighted by molar-refractivity contribution is 5.39. The second-order valence-electron chi connectivity index (χ2n) is 4.60. The SMILES string of the molecule is COc1ccc(CNCCC2CCCO2)c(O)c1. The lowest BCUT2D eigenvalue weighted by molar-refractivity contribution is 0.104. The fourth-order valence-electron chi connectivity index (χ4n) is 2.18. The predicted octanol–water partition coefficient (Wildman–Crippen LogP) is 2.06. The Morgan fingerprint density at radius 2 is 2.39 bits per heavy atom. The summed E-state index contributed by atoms with van der Waals surface area (Å²) in [5.41, 5.74) is 0.892. The molecule has 2 N–H and O–H groups in total. The van der Waals surface area contributed by atoms with Crippen LogP contribution in [0.1, 0.15) is 24.8 Å². The maximum absolute atomic E-state index is 9.79. The molecule has 100 valence electrons. The fourth-order valence-corrected chi connectivity index (χ4v) is 2.18. The summed E-state index contributed by atoms with van der Waals surface area (Å²) in [6, 6.07) is 5.38. The zero-order valence-electron chi connectivity index (χ0n) is 10.8. The molecule has 1 aliphatic heterocycles. The first-order chi connectivity index (χ1) is 8.79. The summed E-state index contributed by atoms with van der Waals surface area (Å²) in [7, 11) is 1.59. The Hall–Kier alpha value is -1.26. The van der Waals surface area contributed by atoms with Crippen molar-refractivity contribution in [2.75, 3.05) is 20.3 Å². The molecule has 0 radical (unpaired) electrons. The van der Waals surface area contributed by atoms with Gasteiger partial charge in [-0.3, -0.25) is 0 Å². The summed E-state index contributed by atoms with van der Waals surface area (Å²) >= 11 is 0. The Kier molecular flexibility index (Phi) is 4.84. The van der Waals surface area contributed by atoms with E-state index < -0.39 is 0 Å². The molecule has 1 heterocycles. The highest BCUT2D eigenvalue weighted by atomic mass is 16.5. The molecule has 0 spiro atoms. The zero-order valence-corrected chi connectivity index (χ0v) is 10.8. The molecule has 18 heavy (non-hydrogen) atoms. The maximum atomic E-state index is 9.79. The minimum atomic E-state index is 0.277. The van der Waals surface area contributed by atoms with Crippen molar-refractivity contribution >= 4 is 0 Å². The van der Waals surface area contributed by atoms with Gasteiger partial charge in [-0.05, 0) is 31.9 Å². The zero-order chi connectivity index (χ0) is 12.8. The van der Waals surface area contributed by atoms with Gasteiger partial charge in [0.05, 0.1) is 13.2 Å². The van der Waals surface area contributed by atoms with E-state index in [4.69, 9.17) is 9.47 Å². The van der Waals surface area contributed by atoms with E-state index in [1.54, 1.807) is 13.2 Å². The van der Waals surface area contributed by atoms with Crippen molar-refractivity contribution in [3.8, 4) is 11.5 Å². The van der Waals surface area contributed by atoms with Gasteiger partial charge in [0.25, 0.3) is 0 Å². The molecule has 0 aliphatic carbocycles. The number of benzene rings is 1. The number of phenols is 1. The number of nitrogens with one attached hydrogen (secondary N) is 1. The van der Waals surface area contributed by atoms with Gasteiger partial charge in [-0.15, -0.1) is 0 Å². The van der Waals surface area contributed by atoms with Crippen molar-refractivity contribution in [3.63, 3.8) is 0 Å². The molecule has 1 fully saturated rings. The number of hydrogen-bond acceptors (Lipinski definition) is 4. The van der Waals surface area contributed by atoms with Crippen molar-refractivity contribution in [2.45, 2.75) is 31.9 Å². The Morgan fingerprint density at radius 3 is 3.06 bits per heavy atom. The van der Waals surface area contributed by atoms with Crippen LogP contribution in [0.3, 0.4) is 0 Å². The molecule has 1 aliphatic rings. The predicted molar refractivity (Wildman–Crippen MR) is 70.0 cm³/mol. The van der Waals surface area contributed by atoms with Gasteiger partial charge in [-0.1, -0.05) is 6.07 Å². The van der Waals surface area contributed by atoms with Crippen LogP contribution in [-0.4, -0.2) is 31.5 Å². The van der Waals surface area contributed by atoms with Gasteiger partial charge in [-0.25, -0.2) is 0 Å². The van der Waals surface area contributed by atoms with Gasteiger partial charge in [0.15, 0.2) is 0 Å². The second-order valence-corrected chi connectivity index (χ2v) is 4.60. The van der Waals surface area contributed by atoms with Crippen molar-refractivity contribution in [1.82, 2.24) is 5.32 Å². The lowest BCUT2D eigenvalue weighted by Gasteiger charge is -2.11. The Bertz CT molecular complexity index is 375. The van der Waals surface area contributed by atoms with Crippen LogP contribution in [0.5, 0.6) is 11.5 Å². The van der Waals surface area contributed by atoms with Crippen LogP contribution in [-0.2, 0) is 11.3 Å². The van der Waals surface area contributed by atoms with Crippen LogP contribution in [0.25, 0.3) is 0 Å². The molecule has 1 saturated heterocycles. The standard InChI is InChI=1S/C14H21NO3/c1-17-13-5-4-11(14(16)9-13)10-15-7-6-12-3-2-8-18-12/h4-5,9,12,15-16H,2-3,6-8,10H2,1H3. The first-order valence-electron chi connectivity index (χ1n) is 6.48.